The van der Waals surface area contributed by atoms with E-state index in [1.54, 1.807) is 6.07 Å². The highest BCUT2D eigenvalue weighted by molar-refractivity contribution is 5.67. The van der Waals surface area contributed by atoms with Crippen LogP contribution in [0.15, 0.2) is 18.2 Å². The maximum atomic E-state index is 10.8. The van der Waals surface area contributed by atoms with E-state index >= 15 is 0 Å². The zero-order valence-corrected chi connectivity index (χ0v) is 8.67. The molecule has 0 aromatic heterocycles. The molecule has 0 radical (unpaired) electrons. The summed E-state index contributed by atoms with van der Waals surface area (Å²) in [6.07, 6.45) is -0.0309. The molecule has 86 valence electrons. The molecule has 0 fully saturated rings. The summed E-state index contributed by atoms with van der Waals surface area (Å²) in [5.41, 5.74) is 0.206. The van der Waals surface area contributed by atoms with Crippen molar-refractivity contribution in [1.82, 2.24) is 0 Å². The van der Waals surface area contributed by atoms with Crippen LogP contribution in [0.5, 0.6) is 5.75 Å². The number of carboxylic acids is 1. The molecule has 0 aliphatic heterocycles. The summed E-state index contributed by atoms with van der Waals surface area (Å²) in [6, 6.07) is 4.61. The molecular weight excluding hydrogens is 214 g/mol. The van der Waals surface area contributed by atoms with E-state index in [9.17, 15) is 14.9 Å². The van der Waals surface area contributed by atoms with Crippen LogP contribution in [0.3, 0.4) is 0 Å². The Balaban J connectivity index is 3.07. The Hall–Kier alpha value is -2.11. The van der Waals surface area contributed by atoms with Crippen LogP contribution in [0.4, 0.5) is 5.69 Å². The summed E-state index contributed by atoms with van der Waals surface area (Å²) in [5.74, 6) is -0.843. The van der Waals surface area contributed by atoms with Gasteiger partial charge < -0.3 is 9.84 Å². The molecule has 0 saturated heterocycles. The Morgan fingerprint density at radius 3 is 2.75 bits per heavy atom. The molecule has 0 amide bonds. The lowest BCUT2D eigenvalue weighted by atomic mass is 10.1. The highest BCUT2D eigenvalue weighted by Crippen LogP contribution is 2.31. The summed E-state index contributed by atoms with van der Waals surface area (Å²) < 4.78 is 4.87. The lowest BCUT2D eigenvalue weighted by Gasteiger charge is -2.05. The molecule has 0 unspecified atom stereocenters. The second kappa shape index (κ2) is 5.11. The van der Waals surface area contributed by atoms with Crippen LogP contribution in [0.2, 0.25) is 0 Å². The first kappa shape index (κ1) is 12.0. The van der Waals surface area contributed by atoms with Gasteiger partial charge in [0.1, 0.15) is 0 Å². The summed E-state index contributed by atoms with van der Waals surface area (Å²) in [7, 11) is 1.34. The van der Waals surface area contributed by atoms with Gasteiger partial charge >= 0.3 is 11.7 Å². The van der Waals surface area contributed by atoms with Gasteiger partial charge in [0.05, 0.1) is 12.0 Å². The number of rotatable bonds is 5. The molecule has 0 atom stereocenters. The van der Waals surface area contributed by atoms with Crippen LogP contribution in [0.1, 0.15) is 12.0 Å². The van der Waals surface area contributed by atoms with E-state index in [-0.39, 0.29) is 24.3 Å². The number of hydrogen-bond donors (Lipinski definition) is 1. The third-order valence-corrected chi connectivity index (χ3v) is 2.09. The first-order valence-corrected chi connectivity index (χ1v) is 4.58. The molecule has 1 rings (SSSR count). The Kier molecular flexibility index (Phi) is 3.82. The molecule has 1 N–H and O–H groups in total. The van der Waals surface area contributed by atoms with E-state index in [2.05, 4.69) is 0 Å². The Morgan fingerprint density at radius 2 is 2.25 bits per heavy atom. The lowest BCUT2D eigenvalue weighted by Crippen LogP contribution is -2.02. The topological polar surface area (TPSA) is 89.7 Å². The Labute approximate surface area is 91.6 Å². The molecule has 6 nitrogen and oxygen atoms in total. The number of carbonyl (C=O) groups is 1. The fourth-order valence-corrected chi connectivity index (χ4v) is 1.38. The van der Waals surface area contributed by atoms with Crippen LogP contribution in [0.25, 0.3) is 0 Å². The van der Waals surface area contributed by atoms with Crippen molar-refractivity contribution in [3.8, 4) is 5.75 Å². The summed E-state index contributed by atoms with van der Waals surface area (Å²) in [6.45, 7) is 0. The number of aryl methyl sites for hydroxylation is 1. The molecule has 0 saturated carbocycles. The number of aliphatic carboxylic acids is 1. The van der Waals surface area contributed by atoms with Crippen molar-refractivity contribution >= 4 is 11.7 Å². The van der Waals surface area contributed by atoms with Crippen LogP contribution >= 0.6 is 0 Å². The minimum absolute atomic E-state index is 0.114. The third kappa shape index (κ3) is 2.69. The van der Waals surface area contributed by atoms with E-state index in [0.717, 1.165) is 0 Å². The van der Waals surface area contributed by atoms with E-state index < -0.39 is 10.9 Å². The van der Waals surface area contributed by atoms with Crippen LogP contribution in [-0.2, 0) is 11.2 Å². The van der Waals surface area contributed by atoms with Crippen LogP contribution in [0, 0.1) is 10.1 Å². The van der Waals surface area contributed by atoms with Gasteiger partial charge in [-0.2, -0.15) is 0 Å². The molecule has 1 aromatic carbocycles. The molecule has 0 aliphatic rings. The minimum Gasteiger partial charge on any atom is -0.490 e. The normalized spacial score (nSPS) is 9.81. The third-order valence-electron chi connectivity index (χ3n) is 2.09. The number of ether oxygens (including phenoxy) is 1. The second-order valence-corrected chi connectivity index (χ2v) is 3.12. The zero-order chi connectivity index (χ0) is 12.1. The first-order chi connectivity index (χ1) is 7.56. The number of para-hydroxylation sites is 1. The number of nitro benzene ring substituents is 1. The fraction of sp³-hybridized carbons (Fsp3) is 0.300. The highest BCUT2D eigenvalue weighted by Gasteiger charge is 2.20. The van der Waals surface area contributed by atoms with Crippen molar-refractivity contribution in [3.63, 3.8) is 0 Å². The number of nitro groups is 1. The molecule has 1 aromatic rings. The van der Waals surface area contributed by atoms with Gasteiger partial charge in [0.2, 0.25) is 0 Å². The van der Waals surface area contributed by atoms with Gasteiger partial charge in [-0.05, 0) is 12.5 Å². The zero-order valence-electron chi connectivity index (χ0n) is 8.67. The Morgan fingerprint density at radius 1 is 1.56 bits per heavy atom. The molecule has 0 heterocycles. The summed E-state index contributed by atoms with van der Waals surface area (Å²) in [5, 5.41) is 19.4. The molecule has 0 aliphatic carbocycles. The number of benzene rings is 1. The van der Waals surface area contributed by atoms with Gasteiger partial charge in [-0.25, -0.2) is 0 Å². The second-order valence-electron chi connectivity index (χ2n) is 3.12. The summed E-state index contributed by atoms with van der Waals surface area (Å²) >= 11 is 0. The molecule has 0 bridgehead atoms. The maximum Gasteiger partial charge on any atom is 0.314 e. The number of methoxy groups -OCH3 is 1. The average Bonchev–Trinajstić information content (AvgIpc) is 2.25. The number of hydrogen-bond acceptors (Lipinski definition) is 4. The van der Waals surface area contributed by atoms with Crippen molar-refractivity contribution < 1.29 is 19.6 Å². The predicted octanol–water partition coefficient (Wildman–Crippen LogP) is 1.62. The predicted molar refractivity (Wildman–Crippen MR) is 55.6 cm³/mol. The average molecular weight is 225 g/mol. The van der Waals surface area contributed by atoms with E-state index in [0.29, 0.717) is 5.56 Å². The van der Waals surface area contributed by atoms with Crippen LogP contribution in [-0.4, -0.2) is 23.1 Å². The highest BCUT2D eigenvalue weighted by atomic mass is 16.6. The molecule has 0 spiro atoms. The maximum absolute atomic E-state index is 10.8. The first-order valence-electron chi connectivity index (χ1n) is 4.58. The minimum atomic E-state index is -0.989. The standard InChI is InChI=1S/C10H11NO5/c1-16-8-4-2-3-7(5-6-9(12)13)10(8)11(14)15/h2-4H,5-6H2,1H3,(H,12,13). The molecular formula is C10H11NO5. The Bertz CT molecular complexity index is 416. The van der Waals surface area contributed by atoms with Crippen molar-refractivity contribution in [1.29, 1.82) is 0 Å². The van der Waals surface area contributed by atoms with Crippen LogP contribution < -0.4 is 4.74 Å². The summed E-state index contributed by atoms with van der Waals surface area (Å²) in [4.78, 5) is 20.7. The van der Waals surface area contributed by atoms with Gasteiger partial charge in [-0.15, -0.1) is 0 Å². The van der Waals surface area contributed by atoms with Gasteiger partial charge in [0.15, 0.2) is 5.75 Å². The SMILES string of the molecule is COc1cccc(CCC(=O)O)c1[N+](=O)[O-]. The molecule has 16 heavy (non-hydrogen) atoms. The van der Waals surface area contributed by atoms with Crippen molar-refractivity contribution in [2.24, 2.45) is 0 Å². The van der Waals surface area contributed by atoms with Gasteiger partial charge in [-0.3, -0.25) is 14.9 Å². The van der Waals surface area contributed by atoms with Gasteiger partial charge in [-0.1, -0.05) is 12.1 Å². The van der Waals surface area contributed by atoms with Crippen molar-refractivity contribution in [3.05, 3.63) is 33.9 Å². The van der Waals surface area contributed by atoms with E-state index in [1.807, 2.05) is 0 Å². The van der Waals surface area contributed by atoms with Crippen molar-refractivity contribution in [2.45, 2.75) is 12.8 Å². The van der Waals surface area contributed by atoms with Gasteiger partial charge in [0, 0.05) is 12.0 Å². The smallest absolute Gasteiger partial charge is 0.314 e. The fourth-order valence-electron chi connectivity index (χ4n) is 1.38. The number of carboxylic acid groups (broad SMARTS) is 1. The van der Waals surface area contributed by atoms with E-state index in [1.165, 1.54) is 19.2 Å². The lowest BCUT2D eigenvalue weighted by molar-refractivity contribution is -0.386. The van der Waals surface area contributed by atoms with Crippen molar-refractivity contribution in [2.75, 3.05) is 7.11 Å². The van der Waals surface area contributed by atoms with Gasteiger partial charge in [0.25, 0.3) is 0 Å². The monoisotopic (exact) mass is 225 g/mol. The largest absolute Gasteiger partial charge is 0.490 e. The van der Waals surface area contributed by atoms with E-state index in [4.69, 9.17) is 9.84 Å². The number of nitrogens with zero attached hydrogens (tertiary/aromatic N) is 1. The quantitative estimate of drug-likeness (QED) is 0.607. The molecule has 6 heteroatoms.